The number of aromatic nitrogens is 2. The van der Waals surface area contributed by atoms with Crippen LogP contribution in [0, 0.1) is 0 Å². The summed E-state index contributed by atoms with van der Waals surface area (Å²) < 4.78 is 23.1. The Morgan fingerprint density at radius 2 is 2.17 bits per heavy atom. The van der Waals surface area contributed by atoms with Crippen LogP contribution in [-0.2, 0) is 9.84 Å². The van der Waals surface area contributed by atoms with E-state index in [0.717, 1.165) is 0 Å². The quantitative estimate of drug-likeness (QED) is 0.749. The molecule has 2 heterocycles. The monoisotopic (exact) mass is 286 g/mol. The molecule has 18 heavy (non-hydrogen) atoms. The second kappa shape index (κ2) is 4.77. The van der Waals surface area contributed by atoms with Crippen molar-refractivity contribution in [2.75, 3.05) is 23.0 Å². The number of thiocarbonyl (C=S) groups is 1. The van der Waals surface area contributed by atoms with Crippen LogP contribution in [0.2, 0.25) is 0 Å². The second-order valence-electron chi connectivity index (χ2n) is 4.25. The zero-order valence-corrected chi connectivity index (χ0v) is 11.5. The maximum absolute atomic E-state index is 11.5. The molecular formula is C10H14N4O2S2. The molecule has 0 amide bonds. The fraction of sp³-hybridized carbons (Fsp3) is 0.500. The lowest BCUT2D eigenvalue weighted by molar-refractivity contribution is 0.566. The summed E-state index contributed by atoms with van der Waals surface area (Å²) in [6.45, 7) is 2.23. The van der Waals surface area contributed by atoms with E-state index in [-0.39, 0.29) is 22.5 Å². The Morgan fingerprint density at radius 3 is 2.78 bits per heavy atom. The number of hydrogen-bond acceptors (Lipinski definition) is 6. The normalized spacial score (nSPS) is 22.7. The predicted molar refractivity (Wildman–Crippen MR) is 73.4 cm³/mol. The zero-order chi connectivity index (χ0) is 13.3. The number of nitrogens with two attached hydrogens (primary N) is 1. The van der Waals surface area contributed by atoms with Crippen LogP contribution in [0.1, 0.15) is 12.6 Å². The number of rotatable bonds is 2. The molecule has 1 atom stereocenters. The Bertz CT molecular complexity index is 573. The third-order valence-corrected chi connectivity index (χ3v) is 4.84. The van der Waals surface area contributed by atoms with Gasteiger partial charge in [0.25, 0.3) is 0 Å². The van der Waals surface area contributed by atoms with Crippen LogP contribution in [0.15, 0.2) is 12.4 Å². The largest absolute Gasteiger partial charge is 0.388 e. The van der Waals surface area contributed by atoms with Gasteiger partial charge in [0, 0.05) is 25.0 Å². The molecule has 1 saturated heterocycles. The minimum Gasteiger partial charge on any atom is -0.388 e. The SMILES string of the molecule is CC1CS(=O)(=O)CCN1c1nccnc1C(N)=S. The molecule has 0 aliphatic carbocycles. The van der Waals surface area contributed by atoms with Crippen LogP contribution in [0.4, 0.5) is 5.82 Å². The summed E-state index contributed by atoms with van der Waals surface area (Å²) in [5, 5.41) is 0. The summed E-state index contributed by atoms with van der Waals surface area (Å²) in [7, 11) is -2.96. The first-order chi connectivity index (χ1) is 8.41. The van der Waals surface area contributed by atoms with Crippen LogP contribution in [-0.4, -0.2) is 47.5 Å². The van der Waals surface area contributed by atoms with Crippen molar-refractivity contribution in [1.82, 2.24) is 9.97 Å². The van der Waals surface area contributed by atoms with Gasteiger partial charge < -0.3 is 10.6 Å². The van der Waals surface area contributed by atoms with Gasteiger partial charge in [0.05, 0.1) is 11.5 Å². The Balaban J connectivity index is 2.36. The summed E-state index contributed by atoms with van der Waals surface area (Å²) in [4.78, 5) is 10.4. The fourth-order valence-corrected chi connectivity index (χ4v) is 3.73. The number of sulfone groups is 1. The molecule has 0 aromatic carbocycles. The standard InChI is InChI=1S/C10H14N4O2S2/c1-7-6-18(15,16)5-4-14(7)10-8(9(11)17)12-2-3-13-10/h2-3,7H,4-6H2,1H3,(H2,11,17). The number of nitrogens with zero attached hydrogens (tertiary/aromatic N) is 3. The van der Waals surface area contributed by atoms with Crippen LogP contribution in [0.3, 0.4) is 0 Å². The first kappa shape index (κ1) is 13.2. The molecule has 0 radical (unpaired) electrons. The van der Waals surface area contributed by atoms with Crippen molar-refractivity contribution in [1.29, 1.82) is 0 Å². The van der Waals surface area contributed by atoms with Gasteiger partial charge in [0.2, 0.25) is 0 Å². The van der Waals surface area contributed by atoms with Gasteiger partial charge in [-0.1, -0.05) is 12.2 Å². The molecule has 1 aliphatic heterocycles. The maximum atomic E-state index is 11.5. The van der Waals surface area contributed by atoms with Crippen molar-refractivity contribution in [2.45, 2.75) is 13.0 Å². The first-order valence-electron chi connectivity index (χ1n) is 5.48. The van der Waals surface area contributed by atoms with Crippen molar-refractivity contribution >= 4 is 32.9 Å². The highest BCUT2D eigenvalue weighted by atomic mass is 32.2. The van der Waals surface area contributed by atoms with E-state index in [1.807, 2.05) is 11.8 Å². The van der Waals surface area contributed by atoms with Crippen molar-refractivity contribution in [3.05, 3.63) is 18.1 Å². The Morgan fingerprint density at radius 1 is 1.50 bits per heavy atom. The van der Waals surface area contributed by atoms with Crippen LogP contribution >= 0.6 is 12.2 Å². The minimum atomic E-state index is -2.96. The van der Waals surface area contributed by atoms with Gasteiger partial charge in [-0.05, 0) is 6.92 Å². The summed E-state index contributed by atoms with van der Waals surface area (Å²) in [6.07, 6.45) is 3.07. The van der Waals surface area contributed by atoms with E-state index < -0.39 is 9.84 Å². The van der Waals surface area contributed by atoms with Crippen molar-refractivity contribution in [3.63, 3.8) is 0 Å². The van der Waals surface area contributed by atoms with E-state index in [9.17, 15) is 8.42 Å². The summed E-state index contributed by atoms with van der Waals surface area (Å²) in [6, 6.07) is -0.159. The van der Waals surface area contributed by atoms with Gasteiger partial charge in [-0.2, -0.15) is 0 Å². The molecule has 1 aromatic heterocycles. The van der Waals surface area contributed by atoms with E-state index >= 15 is 0 Å². The first-order valence-corrected chi connectivity index (χ1v) is 7.71. The highest BCUT2D eigenvalue weighted by molar-refractivity contribution is 7.91. The Hall–Kier alpha value is -1.28. The summed E-state index contributed by atoms with van der Waals surface area (Å²) in [5.41, 5.74) is 6.05. The van der Waals surface area contributed by atoms with E-state index in [1.54, 1.807) is 6.20 Å². The number of anilines is 1. The van der Waals surface area contributed by atoms with E-state index in [1.165, 1.54) is 6.20 Å². The van der Waals surface area contributed by atoms with Crippen molar-refractivity contribution in [3.8, 4) is 0 Å². The molecule has 1 aromatic rings. The summed E-state index contributed by atoms with van der Waals surface area (Å²) >= 11 is 4.93. The molecule has 1 unspecified atom stereocenters. The lowest BCUT2D eigenvalue weighted by Crippen LogP contribution is -2.48. The molecule has 6 nitrogen and oxygen atoms in total. The second-order valence-corrected chi connectivity index (χ2v) is 6.92. The maximum Gasteiger partial charge on any atom is 0.157 e. The van der Waals surface area contributed by atoms with Crippen molar-refractivity contribution in [2.24, 2.45) is 5.73 Å². The van der Waals surface area contributed by atoms with Crippen LogP contribution in [0.5, 0.6) is 0 Å². The van der Waals surface area contributed by atoms with Gasteiger partial charge in [-0.25, -0.2) is 18.4 Å². The number of hydrogen-bond donors (Lipinski definition) is 1. The Labute approximate surface area is 111 Å². The highest BCUT2D eigenvalue weighted by Gasteiger charge is 2.30. The van der Waals surface area contributed by atoms with Gasteiger partial charge in [-0.15, -0.1) is 0 Å². The molecule has 2 rings (SSSR count). The van der Waals surface area contributed by atoms with E-state index in [4.69, 9.17) is 18.0 Å². The summed E-state index contributed by atoms with van der Waals surface area (Å²) in [5.74, 6) is 0.790. The lowest BCUT2D eigenvalue weighted by Gasteiger charge is -2.34. The van der Waals surface area contributed by atoms with Crippen LogP contribution < -0.4 is 10.6 Å². The molecular weight excluding hydrogens is 272 g/mol. The molecule has 98 valence electrons. The average Bonchev–Trinajstić information content (AvgIpc) is 2.28. The van der Waals surface area contributed by atoms with Gasteiger partial charge >= 0.3 is 0 Å². The fourth-order valence-electron chi connectivity index (χ4n) is 2.03. The average molecular weight is 286 g/mol. The third kappa shape index (κ3) is 2.59. The van der Waals surface area contributed by atoms with E-state index in [0.29, 0.717) is 18.1 Å². The molecule has 1 fully saturated rings. The molecule has 0 bridgehead atoms. The topological polar surface area (TPSA) is 89.2 Å². The molecule has 0 saturated carbocycles. The lowest BCUT2D eigenvalue weighted by atomic mass is 10.2. The third-order valence-electron chi connectivity index (χ3n) is 2.85. The van der Waals surface area contributed by atoms with Gasteiger partial charge in [0.15, 0.2) is 15.7 Å². The molecule has 8 heteroatoms. The van der Waals surface area contributed by atoms with Gasteiger partial charge in [-0.3, -0.25) is 0 Å². The predicted octanol–water partition coefficient (Wildman–Crippen LogP) is -0.266. The van der Waals surface area contributed by atoms with Crippen LogP contribution in [0.25, 0.3) is 0 Å². The molecule has 0 spiro atoms. The molecule has 2 N–H and O–H groups in total. The molecule has 1 aliphatic rings. The minimum absolute atomic E-state index is 0.111. The highest BCUT2D eigenvalue weighted by Crippen LogP contribution is 2.21. The Kier molecular flexibility index (Phi) is 3.49. The van der Waals surface area contributed by atoms with Crippen molar-refractivity contribution < 1.29 is 8.42 Å². The van der Waals surface area contributed by atoms with E-state index in [2.05, 4.69) is 9.97 Å². The van der Waals surface area contributed by atoms with Gasteiger partial charge in [0.1, 0.15) is 10.7 Å². The zero-order valence-electron chi connectivity index (χ0n) is 9.91. The smallest absolute Gasteiger partial charge is 0.157 e.